The second-order valence-corrected chi connectivity index (χ2v) is 5.17. The number of hydrogen-bond acceptors (Lipinski definition) is 5. The van der Waals surface area contributed by atoms with Gasteiger partial charge >= 0.3 is 5.97 Å². The Morgan fingerprint density at radius 3 is 3.05 bits per heavy atom. The fourth-order valence-electron chi connectivity index (χ4n) is 1.67. The first kappa shape index (κ1) is 14.7. The van der Waals surface area contributed by atoms with Gasteiger partial charge in [0.15, 0.2) is 6.10 Å². The van der Waals surface area contributed by atoms with Gasteiger partial charge in [0.05, 0.1) is 26.4 Å². The fraction of sp³-hybridized carbons (Fsp3) is 0.385. The molecule has 2 N–H and O–H groups in total. The third kappa shape index (κ3) is 4.44. The second kappa shape index (κ2) is 7.18. The van der Waals surface area contributed by atoms with Gasteiger partial charge in [0.2, 0.25) is 0 Å². The molecule has 1 aromatic heterocycles. The van der Waals surface area contributed by atoms with E-state index in [1.165, 1.54) is 17.4 Å². The Labute approximate surface area is 120 Å². The van der Waals surface area contributed by atoms with Gasteiger partial charge in [-0.15, -0.1) is 11.3 Å². The maximum absolute atomic E-state index is 11.8. The molecule has 2 rings (SSSR count). The molecular formula is C13H15NO5S. The molecule has 0 aromatic carbocycles. The number of nitrogens with one attached hydrogen (secondary N) is 1. The van der Waals surface area contributed by atoms with Crippen molar-refractivity contribution in [3.63, 3.8) is 0 Å². The number of thiophene rings is 1. The number of ether oxygens (including phenoxy) is 2. The number of carbonyl (C=O) groups is 2. The molecule has 1 aliphatic heterocycles. The number of amides is 1. The van der Waals surface area contributed by atoms with Gasteiger partial charge in [0.25, 0.3) is 5.91 Å². The summed E-state index contributed by atoms with van der Waals surface area (Å²) in [6, 6.07) is 1.84. The summed E-state index contributed by atoms with van der Waals surface area (Å²) in [4.78, 5) is 23.1. The predicted molar refractivity (Wildman–Crippen MR) is 73.4 cm³/mol. The van der Waals surface area contributed by atoms with Crippen molar-refractivity contribution in [1.82, 2.24) is 5.32 Å². The van der Waals surface area contributed by atoms with Crippen LogP contribution in [0.4, 0.5) is 0 Å². The number of aliphatic carboxylic acids is 1. The Hall–Kier alpha value is -1.70. The molecule has 1 amide bonds. The van der Waals surface area contributed by atoms with Gasteiger partial charge < -0.3 is 19.9 Å². The van der Waals surface area contributed by atoms with E-state index in [1.54, 1.807) is 0 Å². The molecule has 108 valence electrons. The van der Waals surface area contributed by atoms with Crippen molar-refractivity contribution in [2.75, 3.05) is 19.8 Å². The minimum atomic E-state index is -0.986. The zero-order valence-corrected chi connectivity index (χ0v) is 11.5. The van der Waals surface area contributed by atoms with E-state index in [9.17, 15) is 9.59 Å². The van der Waals surface area contributed by atoms with E-state index in [1.807, 2.05) is 11.4 Å². The SMILES string of the molecule is O=C(O)C=Cc1csc(CNC(=O)C2COCCO2)c1. The predicted octanol–water partition coefficient (Wildman–Crippen LogP) is 0.877. The molecule has 0 radical (unpaired) electrons. The highest BCUT2D eigenvalue weighted by molar-refractivity contribution is 7.10. The number of hydrogen-bond donors (Lipinski definition) is 2. The van der Waals surface area contributed by atoms with E-state index in [0.717, 1.165) is 16.5 Å². The summed E-state index contributed by atoms with van der Waals surface area (Å²) in [6.07, 6.45) is 2.05. The third-order valence-corrected chi connectivity index (χ3v) is 3.59. The lowest BCUT2D eigenvalue weighted by molar-refractivity contribution is -0.147. The van der Waals surface area contributed by atoms with Crippen molar-refractivity contribution < 1.29 is 24.2 Å². The Balaban J connectivity index is 1.81. The van der Waals surface area contributed by atoms with Gasteiger partial charge in [0, 0.05) is 11.0 Å². The molecule has 1 unspecified atom stereocenters. The number of carbonyl (C=O) groups excluding carboxylic acids is 1. The van der Waals surface area contributed by atoms with Crippen molar-refractivity contribution in [1.29, 1.82) is 0 Å². The smallest absolute Gasteiger partial charge is 0.328 e. The first-order valence-electron chi connectivity index (χ1n) is 6.10. The fourth-order valence-corrected chi connectivity index (χ4v) is 2.47. The number of carboxylic acid groups (broad SMARTS) is 1. The van der Waals surface area contributed by atoms with E-state index in [0.29, 0.717) is 19.8 Å². The highest BCUT2D eigenvalue weighted by Crippen LogP contribution is 2.16. The molecule has 1 aliphatic rings. The van der Waals surface area contributed by atoms with Crippen LogP contribution in [0.25, 0.3) is 6.08 Å². The summed E-state index contributed by atoms with van der Waals surface area (Å²) in [6.45, 7) is 1.63. The largest absolute Gasteiger partial charge is 0.478 e. The minimum absolute atomic E-state index is 0.194. The van der Waals surface area contributed by atoms with Crippen molar-refractivity contribution in [2.24, 2.45) is 0 Å². The van der Waals surface area contributed by atoms with E-state index in [2.05, 4.69) is 5.32 Å². The highest BCUT2D eigenvalue weighted by Gasteiger charge is 2.22. The summed E-state index contributed by atoms with van der Waals surface area (Å²) in [5, 5.41) is 13.1. The average Bonchev–Trinajstić information content (AvgIpc) is 2.91. The van der Waals surface area contributed by atoms with Crippen molar-refractivity contribution in [3.05, 3.63) is 28.0 Å². The third-order valence-electron chi connectivity index (χ3n) is 2.64. The Morgan fingerprint density at radius 2 is 2.35 bits per heavy atom. The summed E-state index contributed by atoms with van der Waals surface area (Å²) < 4.78 is 10.5. The lowest BCUT2D eigenvalue weighted by Gasteiger charge is -2.21. The van der Waals surface area contributed by atoms with Crippen LogP contribution in [-0.4, -0.2) is 42.9 Å². The normalized spacial score (nSPS) is 19.1. The van der Waals surface area contributed by atoms with Gasteiger partial charge in [-0.2, -0.15) is 0 Å². The summed E-state index contributed by atoms with van der Waals surface area (Å²) in [5.74, 6) is -1.18. The van der Waals surface area contributed by atoms with E-state index in [4.69, 9.17) is 14.6 Å². The average molecular weight is 297 g/mol. The maximum Gasteiger partial charge on any atom is 0.328 e. The van der Waals surface area contributed by atoms with Crippen LogP contribution < -0.4 is 5.32 Å². The van der Waals surface area contributed by atoms with Gasteiger partial charge in [-0.1, -0.05) is 0 Å². The Morgan fingerprint density at radius 1 is 1.50 bits per heavy atom. The van der Waals surface area contributed by atoms with Crippen LogP contribution in [0.1, 0.15) is 10.4 Å². The van der Waals surface area contributed by atoms with Crippen LogP contribution in [0.3, 0.4) is 0 Å². The van der Waals surface area contributed by atoms with Crippen LogP contribution in [0.5, 0.6) is 0 Å². The van der Waals surface area contributed by atoms with Crippen LogP contribution in [0, 0.1) is 0 Å². The molecule has 0 saturated carbocycles. The molecule has 0 bridgehead atoms. The van der Waals surface area contributed by atoms with Gasteiger partial charge in [-0.25, -0.2) is 4.79 Å². The maximum atomic E-state index is 11.8. The zero-order valence-electron chi connectivity index (χ0n) is 10.7. The molecule has 1 atom stereocenters. The van der Waals surface area contributed by atoms with Crippen LogP contribution >= 0.6 is 11.3 Å². The van der Waals surface area contributed by atoms with Crippen molar-refractivity contribution in [2.45, 2.75) is 12.6 Å². The molecule has 6 nitrogen and oxygen atoms in total. The van der Waals surface area contributed by atoms with Gasteiger partial charge in [0.1, 0.15) is 0 Å². The first-order chi connectivity index (χ1) is 9.65. The lowest BCUT2D eigenvalue weighted by atomic mass is 10.2. The number of carboxylic acids is 1. The van der Waals surface area contributed by atoms with E-state index in [-0.39, 0.29) is 12.5 Å². The second-order valence-electron chi connectivity index (χ2n) is 4.17. The van der Waals surface area contributed by atoms with Crippen LogP contribution in [0.2, 0.25) is 0 Å². The summed E-state index contributed by atoms with van der Waals surface area (Å²) in [5.41, 5.74) is 0.805. The van der Waals surface area contributed by atoms with Crippen LogP contribution in [0.15, 0.2) is 17.5 Å². The van der Waals surface area contributed by atoms with E-state index < -0.39 is 12.1 Å². The molecule has 1 fully saturated rings. The quantitative estimate of drug-likeness (QED) is 0.788. The standard InChI is InChI=1S/C13H15NO5S/c15-12(16)2-1-9-5-10(20-8-9)6-14-13(17)11-7-18-3-4-19-11/h1-2,5,8,11H,3-4,6-7H2,(H,14,17)(H,15,16). The van der Waals surface area contributed by atoms with E-state index >= 15 is 0 Å². The highest BCUT2D eigenvalue weighted by atomic mass is 32.1. The Bertz CT molecular complexity index is 505. The number of rotatable bonds is 5. The molecular weight excluding hydrogens is 282 g/mol. The minimum Gasteiger partial charge on any atom is -0.478 e. The molecule has 0 aliphatic carbocycles. The Kier molecular flexibility index (Phi) is 5.28. The zero-order chi connectivity index (χ0) is 14.4. The monoisotopic (exact) mass is 297 g/mol. The molecule has 1 aromatic rings. The topological polar surface area (TPSA) is 84.9 Å². The molecule has 2 heterocycles. The van der Waals surface area contributed by atoms with Gasteiger partial charge in [-0.3, -0.25) is 4.79 Å². The van der Waals surface area contributed by atoms with Crippen molar-refractivity contribution in [3.8, 4) is 0 Å². The summed E-state index contributed by atoms with van der Waals surface area (Å²) in [7, 11) is 0. The molecule has 1 saturated heterocycles. The van der Waals surface area contributed by atoms with Crippen LogP contribution in [-0.2, 0) is 25.6 Å². The molecule has 7 heteroatoms. The lowest BCUT2D eigenvalue weighted by Crippen LogP contribution is -2.42. The van der Waals surface area contributed by atoms with Crippen molar-refractivity contribution >= 4 is 29.3 Å². The molecule has 20 heavy (non-hydrogen) atoms. The molecule has 0 spiro atoms. The van der Waals surface area contributed by atoms with Gasteiger partial charge in [-0.05, 0) is 23.1 Å². The summed E-state index contributed by atoms with van der Waals surface area (Å²) >= 11 is 1.46. The first-order valence-corrected chi connectivity index (χ1v) is 6.98.